The Bertz CT molecular complexity index is 855. The van der Waals surface area contributed by atoms with E-state index in [1.165, 1.54) is 0 Å². The average molecular weight is 547 g/mol. The average Bonchev–Trinajstić information content (AvgIpc) is 3.36. The minimum atomic E-state index is 0. The number of nitrogens with zero attached hydrogens (tertiary/aromatic N) is 4. The van der Waals surface area contributed by atoms with Crippen LogP contribution in [0.5, 0.6) is 0 Å². The molecule has 3 rings (SSSR count). The van der Waals surface area contributed by atoms with Crippen molar-refractivity contribution < 1.29 is 9.32 Å². The molecule has 10 heteroatoms. The van der Waals surface area contributed by atoms with Crippen LogP contribution in [0.15, 0.2) is 33.8 Å². The number of amides is 1. The lowest BCUT2D eigenvalue weighted by Gasteiger charge is -2.20. The molecule has 0 saturated carbocycles. The molecule has 1 unspecified atom stereocenters. The number of rotatable bonds is 6. The summed E-state index contributed by atoms with van der Waals surface area (Å²) >= 11 is 5.91. The van der Waals surface area contributed by atoms with Gasteiger partial charge in [-0.15, -0.1) is 24.0 Å². The Morgan fingerprint density at radius 1 is 1.37 bits per heavy atom. The SMILES string of the molecule is CCNC(=NCc1nc(-c2ccc(Cl)cc2)no1)NC1CCN(C(=O)C(C)C)C1.I. The van der Waals surface area contributed by atoms with Gasteiger partial charge in [0.2, 0.25) is 17.6 Å². The van der Waals surface area contributed by atoms with E-state index >= 15 is 0 Å². The highest BCUT2D eigenvalue weighted by Crippen LogP contribution is 2.19. The van der Waals surface area contributed by atoms with E-state index in [-0.39, 0.29) is 48.4 Å². The summed E-state index contributed by atoms with van der Waals surface area (Å²) in [5, 5.41) is 11.3. The lowest BCUT2D eigenvalue weighted by molar-refractivity contribution is -0.133. The Balaban J connectivity index is 0.00000320. The molecule has 1 amide bonds. The van der Waals surface area contributed by atoms with Gasteiger partial charge in [-0.1, -0.05) is 30.6 Å². The van der Waals surface area contributed by atoms with Gasteiger partial charge in [-0.3, -0.25) is 4.79 Å². The predicted octanol–water partition coefficient (Wildman–Crippen LogP) is 3.32. The van der Waals surface area contributed by atoms with E-state index in [1.807, 2.05) is 37.8 Å². The molecule has 164 valence electrons. The van der Waals surface area contributed by atoms with Gasteiger partial charge < -0.3 is 20.1 Å². The zero-order chi connectivity index (χ0) is 20.8. The van der Waals surface area contributed by atoms with Crippen LogP contribution in [-0.4, -0.2) is 52.6 Å². The summed E-state index contributed by atoms with van der Waals surface area (Å²) in [6, 6.07) is 7.43. The van der Waals surface area contributed by atoms with Crippen molar-refractivity contribution in [2.75, 3.05) is 19.6 Å². The minimum absolute atomic E-state index is 0. The molecule has 1 fully saturated rings. The lowest BCUT2D eigenvalue weighted by Crippen LogP contribution is -2.45. The molecule has 2 N–H and O–H groups in total. The van der Waals surface area contributed by atoms with Crippen LogP contribution in [0.3, 0.4) is 0 Å². The van der Waals surface area contributed by atoms with Crippen LogP contribution in [-0.2, 0) is 11.3 Å². The smallest absolute Gasteiger partial charge is 0.248 e. The normalized spacial score (nSPS) is 16.5. The molecule has 30 heavy (non-hydrogen) atoms. The van der Waals surface area contributed by atoms with Crippen LogP contribution >= 0.6 is 35.6 Å². The molecule has 0 aliphatic carbocycles. The van der Waals surface area contributed by atoms with Gasteiger partial charge in [-0.25, -0.2) is 4.99 Å². The highest BCUT2D eigenvalue weighted by Gasteiger charge is 2.28. The maximum atomic E-state index is 12.2. The van der Waals surface area contributed by atoms with Crippen LogP contribution in [0.25, 0.3) is 11.4 Å². The maximum absolute atomic E-state index is 12.2. The van der Waals surface area contributed by atoms with Crippen molar-refractivity contribution in [3.63, 3.8) is 0 Å². The number of hydrogen-bond donors (Lipinski definition) is 2. The monoisotopic (exact) mass is 546 g/mol. The summed E-state index contributed by atoms with van der Waals surface area (Å²) in [6.45, 7) is 8.30. The van der Waals surface area contributed by atoms with E-state index in [1.54, 1.807) is 12.1 Å². The van der Waals surface area contributed by atoms with Crippen molar-refractivity contribution in [3.05, 3.63) is 35.2 Å². The Hall–Kier alpha value is -1.88. The topological polar surface area (TPSA) is 95.7 Å². The summed E-state index contributed by atoms with van der Waals surface area (Å²) in [4.78, 5) is 23.0. The summed E-state index contributed by atoms with van der Waals surface area (Å²) in [5.41, 5.74) is 0.833. The standard InChI is InChI=1S/C20H27ClN6O2.HI/c1-4-22-20(24-16-9-10-27(12-16)19(28)13(2)3)23-11-17-25-18(26-29-17)14-5-7-15(21)8-6-14;/h5-8,13,16H,4,9-12H2,1-3H3,(H2,22,23,24);1H. The fraction of sp³-hybridized carbons (Fsp3) is 0.500. The van der Waals surface area contributed by atoms with Crippen molar-refractivity contribution in [2.24, 2.45) is 10.9 Å². The van der Waals surface area contributed by atoms with Crippen LogP contribution in [0.1, 0.15) is 33.1 Å². The predicted molar refractivity (Wildman–Crippen MR) is 128 cm³/mol. The molecule has 1 atom stereocenters. The Morgan fingerprint density at radius 2 is 2.10 bits per heavy atom. The minimum Gasteiger partial charge on any atom is -0.357 e. The first-order valence-electron chi connectivity index (χ1n) is 9.88. The van der Waals surface area contributed by atoms with Gasteiger partial charge >= 0.3 is 0 Å². The number of likely N-dealkylation sites (tertiary alicyclic amines) is 1. The molecular weight excluding hydrogens is 519 g/mol. The van der Waals surface area contributed by atoms with Gasteiger partial charge in [0, 0.05) is 42.2 Å². The quantitative estimate of drug-likeness (QED) is 0.328. The fourth-order valence-corrected chi connectivity index (χ4v) is 3.26. The molecule has 1 aliphatic heterocycles. The van der Waals surface area contributed by atoms with Crippen LogP contribution in [0.2, 0.25) is 5.02 Å². The van der Waals surface area contributed by atoms with Gasteiger partial charge in [-0.05, 0) is 37.6 Å². The highest BCUT2D eigenvalue weighted by molar-refractivity contribution is 14.0. The summed E-state index contributed by atoms with van der Waals surface area (Å²) in [7, 11) is 0. The van der Waals surface area contributed by atoms with Crippen molar-refractivity contribution in [1.82, 2.24) is 25.7 Å². The summed E-state index contributed by atoms with van der Waals surface area (Å²) in [6.07, 6.45) is 0.893. The number of hydrogen-bond acceptors (Lipinski definition) is 5. The Kier molecular flexibility index (Phi) is 9.35. The van der Waals surface area contributed by atoms with E-state index in [2.05, 4.69) is 25.8 Å². The third-order valence-corrected chi connectivity index (χ3v) is 4.87. The number of carbonyl (C=O) groups is 1. The maximum Gasteiger partial charge on any atom is 0.248 e. The van der Waals surface area contributed by atoms with E-state index in [0.29, 0.717) is 29.2 Å². The first kappa shape index (κ1) is 24.4. The van der Waals surface area contributed by atoms with E-state index < -0.39 is 0 Å². The second kappa shape index (κ2) is 11.5. The molecule has 1 aromatic heterocycles. The van der Waals surface area contributed by atoms with E-state index in [9.17, 15) is 4.79 Å². The molecule has 1 saturated heterocycles. The fourth-order valence-electron chi connectivity index (χ4n) is 3.14. The van der Waals surface area contributed by atoms with Crippen LogP contribution in [0.4, 0.5) is 0 Å². The molecule has 0 spiro atoms. The molecule has 2 aromatic rings. The highest BCUT2D eigenvalue weighted by atomic mass is 127. The van der Waals surface area contributed by atoms with Gasteiger partial charge in [-0.2, -0.15) is 4.98 Å². The zero-order valence-electron chi connectivity index (χ0n) is 17.4. The Morgan fingerprint density at radius 3 is 2.77 bits per heavy atom. The first-order valence-corrected chi connectivity index (χ1v) is 10.3. The molecular formula is C20H28ClIN6O2. The number of aliphatic imine (C=N–C) groups is 1. The summed E-state index contributed by atoms with van der Waals surface area (Å²) in [5.74, 6) is 1.81. The van der Waals surface area contributed by atoms with Crippen molar-refractivity contribution in [3.8, 4) is 11.4 Å². The molecule has 0 radical (unpaired) electrons. The second-order valence-electron chi connectivity index (χ2n) is 7.28. The molecule has 8 nitrogen and oxygen atoms in total. The molecule has 2 heterocycles. The van der Waals surface area contributed by atoms with Gasteiger partial charge in [0.05, 0.1) is 0 Å². The first-order chi connectivity index (χ1) is 14.0. The largest absolute Gasteiger partial charge is 0.357 e. The molecule has 1 aliphatic rings. The zero-order valence-corrected chi connectivity index (χ0v) is 20.5. The summed E-state index contributed by atoms with van der Waals surface area (Å²) < 4.78 is 5.31. The second-order valence-corrected chi connectivity index (χ2v) is 7.72. The van der Waals surface area contributed by atoms with Crippen molar-refractivity contribution in [1.29, 1.82) is 0 Å². The number of carbonyl (C=O) groups excluding carboxylic acids is 1. The van der Waals surface area contributed by atoms with Crippen LogP contribution in [0, 0.1) is 5.92 Å². The van der Waals surface area contributed by atoms with Gasteiger partial charge in [0.1, 0.15) is 6.54 Å². The van der Waals surface area contributed by atoms with Gasteiger partial charge in [0.15, 0.2) is 5.96 Å². The number of guanidine groups is 1. The lowest BCUT2D eigenvalue weighted by atomic mass is 10.2. The number of aromatic nitrogens is 2. The number of benzene rings is 1. The van der Waals surface area contributed by atoms with Gasteiger partial charge in [0.25, 0.3) is 0 Å². The van der Waals surface area contributed by atoms with Crippen molar-refractivity contribution >= 4 is 47.4 Å². The Labute approximate surface area is 198 Å². The third-order valence-electron chi connectivity index (χ3n) is 4.62. The molecule has 0 bridgehead atoms. The van der Waals surface area contributed by atoms with Crippen molar-refractivity contribution in [2.45, 2.75) is 39.8 Å². The van der Waals surface area contributed by atoms with E-state index in [4.69, 9.17) is 16.1 Å². The number of halogens is 2. The molecule has 1 aromatic carbocycles. The van der Waals surface area contributed by atoms with E-state index in [0.717, 1.165) is 25.1 Å². The van der Waals surface area contributed by atoms with Crippen LogP contribution < -0.4 is 10.6 Å². The third kappa shape index (κ3) is 6.56. The number of nitrogens with one attached hydrogen (secondary N) is 2.